The van der Waals surface area contributed by atoms with Gasteiger partial charge in [0.1, 0.15) is 17.5 Å². The van der Waals surface area contributed by atoms with Gasteiger partial charge in [0.15, 0.2) is 0 Å². The molecular formula is C32H38F2N2O3. The molecule has 208 valence electrons. The van der Waals surface area contributed by atoms with Crippen LogP contribution >= 0.6 is 0 Å². The maximum absolute atomic E-state index is 15.1. The van der Waals surface area contributed by atoms with Gasteiger partial charge in [-0.2, -0.15) is 8.78 Å². The monoisotopic (exact) mass is 536 g/mol. The fraction of sp³-hybridized carbons (Fsp3) is 0.469. The fourth-order valence-corrected chi connectivity index (χ4v) is 5.65. The fourth-order valence-electron chi connectivity index (χ4n) is 5.65. The summed E-state index contributed by atoms with van der Waals surface area (Å²) >= 11 is 0. The summed E-state index contributed by atoms with van der Waals surface area (Å²) in [5.41, 5.74) is 2.09. The van der Waals surface area contributed by atoms with Gasteiger partial charge in [-0.05, 0) is 98.6 Å². The average Bonchev–Trinajstić information content (AvgIpc) is 3.43. The third-order valence-corrected chi connectivity index (χ3v) is 8.03. The zero-order chi connectivity index (χ0) is 27.6. The van der Waals surface area contributed by atoms with E-state index in [0.717, 1.165) is 66.4 Å². The molecule has 1 fully saturated rings. The summed E-state index contributed by atoms with van der Waals surface area (Å²) < 4.78 is 36.3. The van der Waals surface area contributed by atoms with Gasteiger partial charge in [-0.1, -0.05) is 48.5 Å². The number of amides is 1. The summed E-state index contributed by atoms with van der Waals surface area (Å²) in [6.45, 7) is 6.05. The number of benzene rings is 3. The highest BCUT2D eigenvalue weighted by Gasteiger charge is 2.41. The van der Waals surface area contributed by atoms with E-state index >= 15 is 8.78 Å². The van der Waals surface area contributed by atoms with Crippen LogP contribution in [0.5, 0.6) is 5.75 Å². The summed E-state index contributed by atoms with van der Waals surface area (Å²) in [5, 5.41) is 15.9. The second-order valence-electron chi connectivity index (χ2n) is 11.6. The van der Waals surface area contributed by atoms with Crippen LogP contribution in [0.2, 0.25) is 0 Å². The topological polar surface area (TPSA) is 61.8 Å². The third-order valence-electron chi connectivity index (χ3n) is 8.03. The first-order chi connectivity index (χ1) is 18.6. The molecule has 3 aromatic carbocycles. The number of ether oxygens (including phenoxy) is 1. The Balaban J connectivity index is 1.29. The van der Waals surface area contributed by atoms with E-state index in [-0.39, 0.29) is 12.0 Å². The highest BCUT2D eigenvalue weighted by molar-refractivity contribution is 5.84. The van der Waals surface area contributed by atoms with Gasteiger partial charge >= 0.3 is 5.92 Å². The Hall–Kier alpha value is -3.03. The summed E-state index contributed by atoms with van der Waals surface area (Å²) in [7, 11) is 0. The molecule has 1 saturated heterocycles. The maximum Gasteiger partial charge on any atom is 0.324 e. The number of alkyl halides is 2. The number of carbonyl (C=O) groups is 1. The van der Waals surface area contributed by atoms with Crippen LogP contribution < -0.4 is 10.1 Å². The predicted octanol–water partition coefficient (Wildman–Crippen LogP) is 5.83. The molecule has 0 spiro atoms. The van der Waals surface area contributed by atoms with Crippen molar-refractivity contribution in [3.05, 3.63) is 77.4 Å². The predicted molar refractivity (Wildman–Crippen MR) is 149 cm³/mol. The van der Waals surface area contributed by atoms with E-state index in [4.69, 9.17) is 4.74 Å². The normalized spacial score (nSPS) is 18.8. The second-order valence-corrected chi connectivity index (χ2v) is 11.6. The molecule has 0 bridgehead atoms. The van der Waals surface area contributed by atoms with Gasteiger partial charge in [-0.15, -0.1) is 0 Å². The molecule has 39 heavy (non-hydrogen) atoms. The van der Waals surface area contributed by atoms with E-state index in [0.29, 0.717) is 12.1 Å². The smallest absolute Gasteiger partial charge is 0.324 e. The number of carbonyl (C=O) groups excluding carboxylic acids is 1. The summed E-state index contributed by atoms with van der Waals surface area (Å²) in [6, 6.07) is 18.0. The zero-order valence-corrected chi connectivity index (χ0v) is 22.8. The Morgan fingerprint density at radius 1 is 1.08 bits per heavy atom. The van der Waals surface area contributed by atoms with E-state index in [1.54, 1.807) is 6.07 Å². The molecular weight excluding hydrogens is 498 g/mol. The van der Waals surface area contributed by atoms with Crippen LogP contribution in [-0.4, -0.2) is 53.1 Å². The standard InChI is InChI=1S/C32H38F2N2O3/c1-31(2)15-14-25-20-26(11-12-28(25)39-31)29(37)27(21-36-17-5-6-18-36)35-30(38)32(33,34)16-13-22-9-10-23-7-3-4-8-24(23)19-22/h3-4,7-12,19-20,27,29,37H,5-6,13-18,21H2,1-2H3,(H,35,38)/t27-,29-/m1/s1. The quantitative estimate of drug-likeness (QED) is 0.362. The zero-order valence-electron chi connectivity index (χ0n) is 22.8. The molecule has 3 aromatic rings. The first-order valence-electron chi connectivity index (χ1n) is 14.0. The number of aliphatic hydroxyl groups excluding tert-OH is 1. The summed E-state index contributed by atoms with van der Waals surface area (Å²) in [4.78, 5) is 15.0. The molecule has 2 N–H and O–H groups in total. The number of likely N-dealkylation sites (tertiary alicyclic amines) is 1. The first-order valence-corrected chi connectivity index (χ1v) is 14.0. The van der Waals surface area contributed by atoms with Gasteiger partial charge in [-0.25, -0.2) is 0 Å². The van der Waals surface area contributed by atoms with E-state index in [2.05, 4.69) is 10.2 Å². The molecule has 0 unspecified atom stereocenters. The lowest BCUT2D eigenvalue weighted by Crippen LogP contribution is -2.51. The van der Waals surface area contributed by atoms with Gasteiger partial charge in [0.25, 0.3) is 5.91 Å². The Kier molecular flexibility index (Phi) is 7.92. The SMILES string of the molecule is CC1(C)CCc2cc([C@@H](O)[C@@H](CN3CCCC3)NC(=O)C(F)(F)CCc3ccc4ccccc4c3)ccc2O1. The highest BCUT2D eigenvalue weighted by Crippen LogP contribution is 2.35. The van der Waals surface area contributed by atoms with E-state index < -0.39 is 30.4 Å². The number of halogens is 2. The lowest BCUT2D eigenvalue weighted by Gasteiger charge is -2.34. The number of aliphatic hydroxyl groups is 1. The lowest BCUT2D eigenvalue weighted by molar-refractivity contribution is -0.148. The number of hydrogen-bond acceptors (Lipinski definition) is 4. The lowest BCUT2D eigenvalue weighted by atomic mass is 9.91. The Labute approximate surface area is 229 Å². The van der Waals surface area contributed by atoms with Crippen molar-refractivity contribution in [3.63, 3.8) is 0 Å². The van der Waals surface area contributed by atoms with Gasteiger partial charge in [-0.3, -0.25) is 4.79 Å². The number of aryl methyl sites for hydroxylation is 2. The maximum atomic E-state index is 15.1. The minimum atomic E-state index is -3.57. The second kappa shape index (κ2) is 11.2. The van der Waals surface area contributed by atoms with Crippen LogP contribution in [0, 0.1) is 0 Å². The van der Waals surface area contributed by atoms with Crippen molar-refractivity contribution >= 4 is 16.7 Å². The number of hydrogen-bond donors (Lipinski definition) is 2. The summed E-state index contributed by atoms with van der Waals surface area (Å²) in [6.07, 6.45) is 2.04. The number of nitrogens with one attached hydrogen (secondary N) is 1. The van der Waals surface area contributed by atoms with Crippen LogP contribution in [0.3, 0.4) is 0 Å². The van der Waals surface area contributed by atoms with E-state index in [9.17, 15) is 9.90 Å². The molecule has 1 amide bonds. The molecule has 2 heterocycles. The van der Waals surface area contributed by atoms with E-state index in [1.165, 1.54) is 0 Å². The molecule has 5 nitrogen and oxygen atoms in total. The first kappa shape index (κ1) is 27.5. The molecule has 0 aliphatic carbocycles. The van der Waals surface area contributed by atoms with Gasteiger partial charge in [0, 0.05) is 13.0 Å². The Morgan fingerprint density at radius 2 is 1.82 bits per heavy atom. The largest absolute Gasteiger partial charge is 0.488 e. The number of rotatable bonds is 9. The van der Waals surface area contributed by atoms with Crippen LogP contribution in [0.4, 0.5) is 8.78 Å². The number of fused-ring (bicyclic) bond motifs is 2. The van der Waals surface area contributed by atoms with E-state index in [1.807, 2.05) is 68.4 Å². The van der Waals surface area contributed by atoms with Crippen LogP contribution in [0.15, 0.2) is 60.7 Å². The molecule has 5 rings (SSSR count). The van der Waals surface area contributed by atoms with Gasteiger partial charge < -0.3 is 20.1 Å². The van der Waals surface area contributed by atoms with Crippen molar-refractivity contribution in [2.24, 2.45) is 0 Å². The van der Waals surface area contributed by atoms with Crippen molar-refractivity contribution in [2.45, 2.75) is 76.0 Å². The molecule has 2 aliphatic rings. The minimum absolute atomic E-state index is 0.0752. The molecule has 2 atom stereocenters. The van der Waals surface area contributed by atoms with Crippen molar-refractivity contribution < 1.29 is 23.4 Å². The van der Waals surface area contributed by atoms with Crippen molar-refractivity contribution in [1.82, 2.24) is 10.2 Å². The number of nitrogens with zero attached hydrogens (tertiary/aromatic N) is 1. The molecule has 0 aromatic heterocycles. The highest BCUT2D eigenvalue weighted by atomic mass is 19.3. The van der Waals surface area contributed by atoms with Crippen molar-refractivity contribution in [1.29, 1.82) is 0 Å². The molecule has 0 saturated carbocycles. The summed E-state index contributed by atoms with van der Waals surface area (Å²) in [5.74, 6) is -4.12. The molecule has 0 radical (unpaired) electrons. The molecule has 7 heteroatoms. The van der Waals surface area contributed by atoms with Crippen molar-refractivity contribution in [3.8, 4) is 5.75 Å². The molecule has 2 aliphatic heterocycles. The Bertz CT molecular complexity index is 1320. The Morgan fingerprint density at radius 3 is 2.59 bits per heavy atom. The van der Waals surface area contributed by atoms with Crippen LogP contribution in [0.1, 0.15) is 62.3 Å². The van der Waals surface area contributed by atoms with Crippen LogP contribution in [0.25, 0.3) is 10.8 Å². The van der Waals surface area contributed by atoms with Crippen molar-refractivity contribution in [2.75, 3.05) is 19.6 Å². The minimum Gasteiger partial charge on any atom is -0.488 e. The third kappa shape index (κ3) is 6.59. The van der Waals surface area contributed by atoms with Gasteiger partial charge in [0.2, 0.25) is 0 Å². The average molecular weight is 537 g/mol. The van der Waals surface area contributed by atoms with Gasteiger partial charge in [0.05, 0.1) is 6.04 Å². The van der Waals surface area contributed by atoms with Crippen LogP contribution in [-0.2, 0) is 17.6 Å².